The molecule has 1 saturated carbocycles. The smallest absolute Gasteiger partial charge is 0.256 e. The number of carbonyl (C=O) groups excluding carboxylic acids is 1. The lowest BCUT2D eigenvalue weighted by atomic mass is 9.86. The van der Waals surface area contributed by atoms with Crippen LogP contribution < -0.4 is 5.32 Å². The van der Waals surface area contributed by atoms with Gasteiger partial charge in [-0.1, -0.05) is 49.6 Å². The maximum atomic E-state index is 13.0. The molecule has 2 aromatic heterocycles. The topological polar surface area (TPSA) is 59.3 Å². The Morgan fingerprint density at radius 1 is 1.14 bits per heavy atom. The number of aromatic nitrogens is 3. The highest BCUT2D eigenvalue weighted by Crippen LogP contribution is 2.25. The van der Waals surface area contributed by atoms with Crippen molar-refractivity contribution in [2.45, 2.75) is 65.8 Å². The van der Waals surface area contributed by atoms with E-state index in [0.717, 1.165) is 29.8 Å². The monoisotopic (exact) mass is 390 g/mol. The molecule has 1 aromatic carbocycles. The third kappa shape index (κ3) is 3.91. The highest BCUT2D eigenvalue weighted by molar-refractivity contribution is 5.99. The molecule has 5 nitrogen and oxygen atoms in total. The van der Waals surface area contributed by atoms with Crippen LogP contribution in [0.1, 0.15) is 71.0 Å². The summed E-state index contributed by atoms with van der Waals surface area (Å²) in [6.07, 6.45) is 7.14. The summed E-state index contributed by atoms with van der Waals surface area (Å²) in [6, 6.07) is 8.83. The van der Waals surface area contributed by atoms with Crippen LogP contribution in [-0.4, -0.2) is 26.5 Å². The van der Waals surface area contributed by atoms with E-state index in [9.17, 15) is 4.79 Å². The van der Waals surface area contributed by atoms with E-state index in [2.05, 4.69) is 55.5 Å². The molecular formula is C24H30N4O. The number of carbonyl (C=O) groups is 1. The van der Waals surface area contributed by atoms with Crippen LogP contribution in [0.2, 0.25) is 0 Å². The van der Waals surface area contributed by atoms with Crippen molar-refractivity contribution in [1.29, 1.82) is 0 Å². The Bertz CT molecular complexity index is 1040. The molecule has 0 saturated heterocycles. The fourth-order valence-electron chi connectivity index (χ4n) is 4.41. The molecule has 0 unspecified atom stereocenters. The maximum absolute atomic E-state index is 13.0. The Balaban J connectivity index is 1.63. The first kappa shape index (κ1) is 19.6. The molecule has 1 amide bonds. The van der Waals surface area contributed by atoms with E-state index >= 15 is 0 Å². The first-order valence-corrected chi connectivity index (χ1v) is 10.6. The molecule has 2 atom stereocenters. The van der Waals surface area contributed by atoms with E-state index in [1.165, 1.54) is 30.4 Å². The minimum absolute atomic E-state index is 0.0589. The van der Waals surface area contributed by atoms with E-state index in [1.54, 1.807) is 6.20 Å². The molecule has 29 heavy (non-hydrogen) atoms. The summed E-state index contributed by atoms with van der Waals surface area (Å²) in [5.41, 5.74) is 6.88. The van der Waals surface area contributed by atoms with Crippen molar-refractivity contribution in [2.75, 3.05) is 0 Å². The van der Waals surface area contributed by atoms with Gasteiger partial charge in [0, 0.05) is 23.9 Å². The minimum Gasteiger partial charge on any atom is -0.349 e. The number of benzene rings is 1. The molecule has 1 fully saturated rings. The van der Waals surface area contributed by atoms with E-state index in [0.29, 0.717) is 17.1 Å². The second kappa shape index (κ2) is 7.97. The zero-order valence-electron chi connectivity index (χ0n) is 17.8. The van der Waals surface area contributed by atoms with Gasteiger partial charge in [-0.2, -0.15) is 5.10 Å². The number of nitrogens with one attached hydrogen (secondary N) is 1. The van der Waals surface area contributed by atoms with Gasteiger partial charge in [-0.05, 0) is 50.7 Å². The molecule has 0 radical (unpaired) electrons. The van der Waals surface area contributed by atoms with E-state index < -0.39 is 0 Å². The van der Waals surface area contributed by atoms with Crippen LogP contribution in [0.5, 0.6) is 0 Å². The quantitative estimate of drug-likeness (QED) is 0.711. The van der Waals surface area contributed by atoms with Gasteiger partial charge in [-0.25, -0.2) is 9.50 Å². The number of aryl methyl sites for hydroxylation is 3. The molecule has 3 aromatic rings. The highest BCUT2D eigenvalue weighted by atomic mass is 16.1. The molecule has 0 aliphatic heterocycles. The molecule has 0 spiro atoms. The number of hydrogen-bond donors (Lipinski definition) is 1. The molecule has 0 bridgehead atoms. The highest BCUT2D eigenvalue weighted by Gasteiger charge is 2.25. The lowest BCUT2D eigenvalue weighted by molar-refractivity contribution is 0.0911. The average molecular weight is 391 g/mol. The zero-order valence-corrected chi connectivity index (χ0v) is 17.8. The Kier molecular flexibility index (Phi) is 5.39. The zero-order chi connectivity index (χ0) is 20.5. The van der Waals surface area contributed by atoms with Crippen LogP contribution in [0.3, 0.4) is 0 Å². The molecular weight excluding hydrogens is 360 g/mol. The maximum Gasteiger partial charge on any atom is 0.256 e. The number of fused-ring (bicyclic) bond motifs is 1. The lowest BCUT2D eigenvalue weighted by Gasteiger charge is -2.29. The Morgan fingerprint density at radius 3 is 2.59 bits per heavy atom. The summed E-state index contributed by atoms with van der Waals surface area (Å²) in [7, 11) is 0. The first-order valence-electron chi connectivity index (χ1n) is 10.6. The lowest BCUT2D eigenvalue weighted by Crippen LogP contribution is -2.41. The third-order valence-corrected chi connectivity index (χ3v) is 6.38. The molecule has 5 heteroatoms. The fourth-order valence-corrected chi connectivity index (χ4v) is 4.41. The van der Waals surface area contributed by atoms with Crippen molar-refractivity contribution in [2.24, 2.45) is 5.92 Å². The predicted molar refractivity (Wildman–Crippen MR) is 115 cm³/mol. The normalized spacial score (nSPS) is 19.4. The van der Waals surface area contributed by atoms with Gasteiger partial charge in [0.2, 0.25) is 0 Å². The standard InChI is InChI=1S/C24H30N4O/c1-15-9-11-19(12-10-15)13-20-17(3)26-23-21(14-25-28(23)18(20)4)24(29)27-22-8-6-5-7-16(22)2/h9-12,14,16,22H,5-8,13H2,1-4H3,(H,27,29)/t16-,22-/m0/s1. The summed E-state index contributed by atoms with van der Waals surface area (Å²) in [6.45, 7) is 8.40. The SMILES string of the molecule is Cc1ccc(Cc2c(C)nc3c(C(=O)N[C@H]4CCCC[C@@H]4C)cnn3c2C)cc1. The second-order valence-corrected chi connectivity index (χ2v) is 8.56. The molecule has 1 aliphatic carbocycles. The summed E-state index contributed by atoms with van der Waals surface area (Å²) in [5.74, 6) is 0.461. The Labute approximate surface area is 172 Å². The van der Waals surface area contributed by atoms with Gasteiger partial charge in [-0.15, -0.1) is 0 Å². The van der Waals surface area contributed by atoms with Crippen molar-refractivity contribution in [3.05, 3.63) is 64.1 Å². The number of hydrogen-bond acceptors (Lipinski definition) is 3. The van der Waals surface area contributed by atoms with Gasteiger partial charge in [0.05, 0.1) is 6.20 Å². The second-order valence-electron chi connectivity index (χ2n) is 8.56. The number of rotatable bonds is 4. The van der Waals surface area contributed by atoms with Crippen LogP contribution >= 0.6 is 0 Å². The van der Waals surface area contributed by atoms with Gasteiger partial charge in [0.1, 0.15) is 5.56 Å². The van der Waals surface area contributed by atoms with Crippen molar-refractivity contribution in [3.8, 4) is 0 Å². The van der Waals surface area contributed by atoms with Crippen LogP contribution in [0, 0.1) is 26.7 Å². The van der Waals surface area contributed by atoms with Crippen molar-refractivity contribution in [1.82, 2.24) is 19.9 Å². The molecule has 1 N–H and O–H groups in total. The van der Waals surface area contributed by atoms with E-state index in [1.807, 2.05) is 11.4 Å². The molecule has 1 aliphatic rings. The van der Waals surface area contributed by atoms with Crippen LogP contribution in [-0.2, 0) is 6.42 Å². The van der Waals surface area contributed by atoms with E-state index in [-0.39, 0.29) is 11.9 Å². The van der Waals surface area contributed by atoms with Gasteiger partial charge in [0.25, 0.3) is 5.91 Å². The minimum atomic E-state index is -0.0589. The summed E-state index contributed by atoms with van der Waals surface area (Å²) in [5, 5.41) is 7.73. The summed E-state index contributed by atoms with van der Waals surface area (Å²) >= 11 is 0. The summed E-state index contributed by atoms with van der Waals surface area (Å²) in [4.78, 5) is 17.7. The van der Waals surface area contributed by atoms with Gasteiger partial charge in [-0.3, -0.25) is 4.79 Å². The van der Waals surface area contributed by atoms with Gasteiger partial charge in [0.15, 0.2) is 5.65 Å². The molecule has 2 heterocycles. The number of amides is 1. The largest absolute Gasteiger partial charge is 0.349 e. The molecule has 152 valence electrons. The fraction of sp³-hybridized carbons (Fsp3) is 0.458. The van der Waals surface area contributed by atoms with Crippen LogP contribution in [0.15, 0.2) is 30.5 Å². The molecule has 4 rings (SSSR count). The van der Waals surface area contributed by atoms with Crippen LogP contribution in [0.25, 0.3) is 5.65 Å². The summed E-state index contributed by atoms with van der Waals surface area (Å²) < 4.78 is 1.82. The van der Waals surface area contributed by atoms with Crippen molar-refractivity contribution in [3.63, 3.8) is 0 Å². The van der Waals surface area contributed by atoms with Crippen molar-refractivity contribution >= 4 is 11.6 Å². The van der Waals surface area contributed by atoms with Crippen LogP contribution in [0.4, 0.5) is 0 Å². The average Bonchev–Trinajstić information content (AvgIpc) is 3.12. The Morgan fingerprint density at radius 2 is 1.86 bits per heavy atom. The van der Waals surface area contributed by atoms with Gasteiger partial charge >= 0.3 is 0 Å². The van der Waals surface area contributed by atoms with Crippen molar-refractivity contribution < 1.29 is 4.79 Å². The third-order valence-electron chi connectivity index (χ3n) is 6.38. The predicted octanol–water partition coefficient (Wildman–Crippen LogP) is 4.55. The number of nitrogens with zero attached hydrogens (tertiary/aromatic N) is 3. The first-order chi connectivity index (χ1) is 13.9. The van der Waals surface area contributed by atoms with Gasteiger partial charge < -0.3 is 5.32 Å². The Hall–Kier alpha value is -2.69. The van der Waals surface area contributed by atoms with E-state index in [4.69, 9.17) is 4.98 Å².